The maximum Gasteiger partial charge on any atom is 0.317 e. The highest BCUT2D eigenvalue weighted by Crippen LogP contribution is 2.13. The zero-order valence-corrected chi connectivity index (χ0v) is 16.9. The van der Waals surface area contributed by atoms with E-state index in [1.165, 1.54) is 0 Å². The van der Waals surface area contributed by atoms with Gasteiger partial charge in [0.2, 0.25) is 0 Å². The quantitative estimate of drug-likeness (QED) is 0.669. The van der Waals surface area contributed by atoms with E-state index in [2.05, 4.69) is 25.7 Å². The summed E-state index contributed by atoms with van der Waals surface area (Å²) >= 11 is 0. The van der Waals surface area contributed by atoms with Crippen molar-refractivity contribution in [3.05, 3.63) is 66.0 Å². The van der Waals surface area contributed by atoms with Gasteiger partial charge in [0.05, 0.1) is 19.3 Å². The molecule has 0 spiro atoms. The zero-order valence-electron chi connectivity index (χ0n) is 16.9. The Morgan fingerprint density at radius 1 is 1.03 bits per heavy atom. The van der Waals surface area contributed by atoms with Gasteiger partial charge in [-0.2, -0.15) is 4.68 Å². The number of ether oxygens (including phenoxy) is 1. The van der Waals surface area contributed by atoms with Crippen LogP contribution in [0.4, 0.5) is 4.79 Å². The number of urea groups is 1. The number of nitrogens with one attached hydrogen (secondary N) is 1. The first-order valence-electron chi connectivity index (χ1n) is 9.93. The van der Waals surface area contributed by atoms with Crippen LogP contribution in [0.15, 0.2) is 54.6 Å². The number of hydrogen-bond donors (Lipinski definition) is 1. The molecule has 1 aliphatic rings. The van der Waals surface area contributed by atoms with Crippen molar-refractivity contribution in [2.24, 2.45) is 0 Å². The van der Waals surface area contributed by atoms with E-state index in [0.29, 0.717) is 26.2 Å². The predicted octanol–water partition coefficient (Wildman–Crippen LogP) is 1.70. The third kappa shape index (κ3) is 4.74. The summed E-state index contributed by atoms with van der Waals surface area (Å²) in [5.41, 5.74) is 1.98. The monoisotopic (exact) mass is 407 g/mol. The number of rotatable bonds is 6. The van der Waals surface area contributed by atoms with Crippen LogP contribution in [0.3, 0.4) is 0 Å². The summed E-state index contributed by atoms with van der Waals surface area (Å²) in [6.07, 6.45) is 0. The van der Waals surface area contributed by atoms with Gasteiger partial charge in [0.1, 0.15) is 5.75 Å². The number of benzene rings is 2. The largest absolute Gasteiger partial charge is 0.497 e. The number of methoxy groups -OCH3 is 1. The van der Waals surface area contributed by atoms with E-state index in [1.807, 2.05) is 59.5 Å². The number of para-hydroxylation sites is 1. The Hall–Kier alpha value is -3.46. The first-order chi connectivity index (χ1) is 14.7. The molecule has 156 valence electrons. The molecule has 0 radical (unpaired) electrons. The van der Waals surface area contributed by atoms with E-state index >= 15 is 0 Å². The molecule has 9 heteroatoms. The minimum absolute atomic E-state index is 0.0420. The molecular weight excluding hydrogens is 382 g/mol. The van der Waals surface area contributed by atoms with Crippen LogP contribution in [-0.2, 0) is 13.1 Å². The average Bonchev–Trinajstić information content (AvgIpc) is 3.27. The summed E-state index contributed by atoms with van der Waals surface area (Å²) in [5, 5.41) is 15.1. The Bertz CT molecular complexity index is 951. The molecule has 0 bridgehead atoms. The van der Waals surface area contributed by atoms with Crippen LogP contribution in [0, 0.1) is 0 Å². The maximum atomic E-state index is 12.5. The molecule has 4 rings (SSSR count). The van der Waals surface area contributed by atoms with Crippen LogP contribution in [-0.4, -0.2) is 69.3 Å². The molecule has 3 aromatic rings. The molecule has 2 aromatic carbocycles. The lowest BCUT2D eigenvalue weighted by Gasteiger charge is -2.34. The normalized spacial score (nSPS) is 14.5. The van der Waals surface area contributed by atoms with Gasteiger partial charge < -0.3 is 15.0 Å². The van der Waals surface area contributed by atoms with Crippen molar-refractivity contribution in [3.8, 4) is 11.4 Å². The molecule has 9 nitrogen and oxygen atoms in total. The Balaban J connectivity index is 1.26. The number of piperazine rings is 1. The van der Waals surface area contributed by atoms with Crippen LogP contribution < -0.4 is 10.1 Å². The summed E-state index contributed by atoms with van der Waals surface area (Å²) < 4.78 is 6.91. The maximum absolute atomic E-state index is 12.5. The average molecular weight is 407 g/mol. The van der Waals surface area contributed by atoms with Crippen LogP contribution in [0.5, 0.6) is 5.75 Å². The second-order valence-electron chi connectivity index (χ2n) is 7.11. The molecule has 30 heavy (non-hydrogen) atoms. The molecule has 0 unspecified atom stereocenters. The highest BCUT2D eigenvalue weighted by molar-refractivity contribution is 5.74. The second kappa shape index (κ2) is 9.36. The van der Waals surface area contributed by atoms with Gasteiger partial charge in [-0.05, 0) is 40.3 Å². The predicted molar refractivity (Wildman–Crippen MR) is 111 cm³/mol. The fourth-order valence-corrected chi connectivity index (χ4v) is 3.42. The lowest BCUT2D eigenvalue weighted by atomic mass is 10.2. The second-order valence-corrected chi connectivity index (χ2v) is 7.11. The lowest BCUT2D eigenvalue weighted by molar-refractivity contribution is 0.133. The van der Waals surface area contributed by atoms with Crippen molar-refractivity contribution in [1.82, 2.24) is 35.3 Å². The van der Waals surface area contributed by atoms with Crippen LogP contribution >= 0.6 is 0 Å². The van der Waals surface area contributed by atoms with E-state index < -0.39 is 0 Å². The minimum atomic E-state index is -0.0420. The van der Waals surface area contributed by atoms with Gasteiger partial charge in [0.25, 0.3) is 0 Å². The van der Waals surface area contributed by atoms with Gasteiger partial charge in [0, 0.05) is 32.7 Å². The van der Waals surface area contributed by atoms with Gasteiger partial charge in [0.15, 0.2) is 5.82 Å². The molecule has 1 aromatic heterocycles. The Labute approximate surface area is 175 Å². The number of carbonyl (C=O) groups excluding carboxylic acids is 1. The third-order valence-corrected chi connectivity index (χ3v) is 5.16. The molecule has 1 N–H and O–H groups in total. The van der Waals surface area contributed by atoms with Crippen molar-refractivity contribution < 1.29 is 9.53 Å². The van der Waals surface area contributed by atoms with Gasteiger partial charge in [-0.25, -0.2) is 4.79 Å². The van der Waals surface area contributed by atoms with Gasteiger partial charge in [-0.3, -0.25) is 4.90 Å². The molecule has 1 saturated heterocycles. The number of amides is 2. The summed E-state index contributed by atoms with van der Waals surface area (Å²) in [5.74, 6) is 1.60. The summed E-state index contributed by atoms with van der Waals surface area (Å²) in [7, 11) is 1.64. The molecule has 2 amide bonds. The van der Waals surface area contributed by atoms with E-state index in [4.69, 9.17) is 4.74 Å². The molecule has 2 heterocycles. The first-order valence-corrected chi connectivity index (χ1v) is 9.93. The molecule has 0 aliphatic carbocycles. The SMILES string of the molecule is COc1ccc(CNC(=O)N2CCN(Cc3nnnn3-c3ccccc3)CC2)cc1. The van der Waals surface area contributed by atoms with Crippen molar-refractivity contribution in [2.45, 2.75) is 13.1 Å². The number of hydrogen-bond acceptors (Lipinski definition) is 6. The van der Waals surface area contributed by atoms with E-state index in [1.54, 1.807) is 11.8 Å². The lowest BCUT2D eigenvalue weighted by Crippen LogP contribution is -2.51. The summed E-state index contributed by atoms with van der Waals surface area (Å²) in [6, 6.07) is 17.5. The Morgan fingerprint density at radius 3 is 2.47 bits per heavy atom. The summed E-state index contributed by atoms with van der Waals surface area (Å²) in [6.45, 7) is 4.02. The standard InChI is InChI=1S/C21H25N7O2/c1-30-19-9-7-17(8-10-19)15-22-21(29)27-13-11-26(12-14-27)16-20-23-24-25-28(20)18-5-3-2-4-6-18/h2-10H,11-16H2,1H3,(H,22,29). The first kappa shape index (κ1) is 19.8. The smallest absolute Gasteiger partial charge is 0.317 e. The highest BCUT2D eigenvalue weighted by Gasteiger charge is 2.22. The topological polar surface area (TPSA) is 88.4 Å². The number of carbonyl (C=O) groups is 1. The van der Waals surface area contributed by atoms with Gasteiger partial charge in [-0.15, -0.1) is 5.10 Å². The molecule has 1 aliphatic heterocycles. The van der Waals surface area contributed by atoms with Gasteiger partial charge >= 0.3 is 6.03 Å². The van der Waals surface area contributed by atoms with Crippen molar-refractivity contribution in [3.63, 3.8) is 0 Å². The number of tetrazole rings is 1. The van der Waals surface area contributed by atoms with Crippen LogP contribution in [0.1, 0.15) is 11.4 Å². The Kier molecular flexibility index (Phi) is 6.19. The van der Waals surface area contributed by atoms with E-state index in [9.17, 15) is 4.79 Å². The highest BCUT2D eigenvalue weighted by atomic mass is 16.5. The third-order valence-electron chi connectivity index (χ3n) is 5.16. The van der Waals surface area contributed by atoms with Crippen molar-refractivity contribution in [1.29, 1.82) is 0 Å². The van der Waals surface area contributed by atoms with Gasteiger partial charge in [-0.1, -0.05) is 30.3 Å². The molecule has 0 saturated carbocycles. The molecule has 0 atom stereocenters. The number of aromatic nitrogens is 4. The van der Waals surface area contributed by atoms with Crippen molar-refractivity contribution >= 4 is 6.03 Å². The van der Waals surface area contributed by atoms with Crippen LogP contribution in [0.2, 0.25) is 0 Å². The minimum Gasteiger partial charge on any atom is -0.497 e. The van der Waals surface area contributed by atoms with E-state index in [0.717, 1.165) is 35.9 Å². The van der Waals surface area contributed by atoms with E-state index in [-0.39, 0.29) is 6.03 Å². The fraction of sp³-hybridized carbons (Fsp3) is 0.333. The summed E-state index contributed by atoms with van der Waals surface area (Å²) in [4.78, 5) is 16.6. The van der Waals surface area contributed by atoms with Crippen LogP contribution in [0.25, 0.3) is 5.69 Å². The molecular formula is C21H25N7O2. The zero-order chi connectivity index (χ0) is 20.8. The van der Waals surface area contributed by atoms with Crippen molar-refractivity contribution in [2.75, 3.05) is 33.3 Å². The number of nitrogens with zero attached hydrogens (tertiary/aromatic N) is 6. The molecule has 1 fully saturated rings. The Morgan fingerprint density at radius 2 is 1.77 bits per heavy atom. The fourth-order valence-electron chi connectivity index (χ4n) is 3.42.